The fourth-order valence-corrected chi connectivity index (χ4v) is 0.612. The molecular formula is C3HCl4N3O6. The van der Waals surface area contributed by atoms with Gasteiger partial charge in [-0.1, -0.05) is 11.6 Å². The van der Waals surface area contributed by atoms with Gasteiger partial charge in [-0.3, -0.25) is 25.4 Å². The van der Waals surface area contributed by atoms with Crippen LogP contribution in [-0.4, -0.2) is 30.1 Å². The summed E-state index contributed by atoms with van der Waals surface area (Å²) in [6, 6.07) is 0. The highest BCUT2D eigenvalue weighted by Crippen LogP contribution is 2.30. The molecule has 0 aromatic heterocycles. The first-order valence-electron chi connectivity index (χ1n) is 3.08. The van der Waals surface area contributed by atoms with E-state index in [1.165, 1.54) is 0 Å². The third-order valence-electron chi connectivity index (χ3n) is 1.01. The molecule has 13 heteroatoms. The summed E-state index contributed by atoms with van der Waals surface area (Å²) in [6.07, 6.45) is 0. The third-order valence-corrected chi connectivity index (χ3v) is 2.57. The second-order valence-electron chi connectivity index (χ2n) is 2.05. The van der Waals surface area contributed by atoms with Gasteiger partial charge in [-0.15, -0.1) is 0 Å². The lowest BCUT2D eigenvalue weighted by atomic mass is 10.7. The van der Waals surface area contributed by atoms with Crippen molar-refractivity contribution in [2.45, 2.75) is 10.0 Å². The molecule has 0 bridgehead atoms. The molecule has 0 aromatic rings. The molecule has 0 heterocycles. The lowest BCUT2D eigenvalue weighted by Crippen LogP contribution is -2.39. The Labute approximate surface area is 107 Å². The van der Waals surface area contributed by atoms with E-state index >= 15 is 0 Å². The molecule has 1 unspecified atom stereocenters. The number of hydrogen-bond donors (Lipinski definition) is 0. The van der Waals surface area contributed by atoms with Crippen molar-refractivity contribution in [3.05, 3.63) is 25.4 Å². The molecule has 0 fully saturated rings. The Kier molecular flexibility index (Phi) is 5.26. The van der Waals surface area contributed by atoms with E-state index < -0.39 is 30.1 Å². The minimum atomic E-state index is -2.86. The summed E-state index contributed by atoms with van der Waals surface area (Å²) in [5.74, 6) is 0. The summed E-state index contributed by atoms with van der Waals surface area (Å²) < 4.78 is -2.86. The Morgan fingerprint density at radius 2 is 1.69 bits per heavy atom. The predicted molar refractivity (Wildman–Crippen MR) is 53.6 cm³/mol. The van der Waals surface area contributed by atoms with E-state index in [9.17, 15) is 25.4 Å². The largest absolute Gasteiger partial charge is 0.634 e. The van der Waals surface area contributed by atoms with E-state index in [2.05, 4.69) is 4.84 Å². The van der Waals surface area contributed by atoms with Gasteiger partial charge in [-0.2, -0.15) is 0 Å². The molecular weight excluding hydrogens is 316 g/mol. The molecule has 0 aromatic carbocycles. The molecule has 9 nitrogen and oxygen atoms in total. The van der Waals surface area contributed by atoms with Gasteiger partial charge in [0.05, 0.1) is 16.5 Å². The third kappa shape index (κ3) is 3.67. The van der Waals surface area contributed by atoms with Gasteiger partial charge in [0.2, 0.25) is 5.56 Å². The summed E-state index contributed by atoms with van der Waals surface area (Å²) in [5.41, 5.74) is -2.18. The summed E-state index contributed by atoms with van der Waals surface area (Å²) in [5, 5.41) is 29.4. The SMILES string of the molecule is O=[N+]([O-])/C(Cl)=[N+](\[O-])OC(Cl)C(Cl)(Cl)[N+](=O)[O-]. The highest BCUT2D eigenvalue weighted by atomic mass is 35.5. The standard InChI is InChI=1S/C3HCl4N3O6/c4-1(3(6,7)10(14)15)16-9(13)2(5)8(11)12/h1H/b9-2+. The molecule has 0 rings (SSSR count). The topological polar surface area (TPSA) is 122 Å². The van der Waals surface area contributed by atoms with Crippen molar-refractivity contribution in [2.75, 3.05) is 0 Å². The van der Waals surface area contributed by atoms with Gasteiger partial charge < -0.3 is 4.84 Å². The smallest absolute Gasteiger partial charge is 0.367 e. The fraction of sp³-hybridized carbons (Fsp3) is 0.667. The van der Waals surface area contributed by atoms with Gasteiger partial charge in [0.25, 0.3) is 0 Å². The average molecular weight is 317 g/mol. The quantitative estimate of drug-likeness (QED) is 0.146. The van der Waals surface area contributed by atoms with Gasteiger partial charge in [-0.05, 0) is 23.2 Å². The summed E-state index contributed by atoms with van der Waals surface area (Å²) in [6.45, 7) is 0. The van der Waals surface area contributed by atoms with Crippen molar-refractivity contribution in [1.82, 2.24) is 0 Å². The maximum absolute atomic E-state index is 10.7. The molecule has 0 aliphatic rings. The monoisotopic (exact) mass is 315 g/mol. The van der Waals surface area contributed by atoms with E-state index in [4.69, 9.17) is 46.4 Å². The van der Waals surface area contributed by atoms with Crippen molar-refractivity contribution >= 4 is 51.7 Å². The lowest BCUT2D eigenvalue weighted by Gasteiger charge is -2.17. The van der Waals surface area contributed by atoms with E-state index in [-0.39, 0.29) is 0 Å². The van der Waals surface area contributed by atoms with Crippen molar-refractivity contribution in [3.63, 3.8) is 0 Å². The summed E-state index contributed by atoms with van der Waals surface area (Å²) >= 11 is 20.1. The zero-order valence-electron chi connectivity index (χ0n) is 6.88. The zero-order chi connectivity index (χ0) is 13.1. The van der Waals surface area contributed by atoms with Gasteiger partial charge in [-0.25, -0.2) is 0 Å². The Morgan fingerprint density at radius 1 is 1.25 bits per heavy atom. The maximum Gasteiger partial charge on any atom is 0.634 e. The highest BCUT2D eigenvalue weighted by Gasteiger charge is 2.48. The molecule has 0 saturated carbocycles. The molecule has 0 radical (unpaired) electrons. The van der Waals surface area contributed by atoms with E-state index in [1.807, 2.05) is 0 Å². The number of halogens is 4. The van der Waals surface area contributed by atoms with Gasteiger partial charge in [0, 0.05) is 0 Å². The Hall–Kier alpha value is -0.770. The molecule has 16 heavy (non-hydrogen) atoms. The van der Waals surface area contributed by atoms with Crippen LogP contribution in [0, 0.1) is 25.4 Å². The average Bonchev–Trinajstić information content (AvgIpc) is 2.15. The highest BCUT2D eigenvalue weighted by molar-refractivity contribution is 6.60. The van der Waals surface area contributed by atoms with Crippen LogP contribution in [0.1, 0.15) is 0 Å². The minimum absolute atomic E-state index is 0.859. The van der Waals surface area contributed by atoms with E-state index in [0.717, 1.165) is 0 Å². The van der Waals surface area contributed by atoms with Gasteiger partial charge >= 0.3 is 9.75 Å². The number of alkyl halides is 3. The second kappa shape index (κ2) is 5.53. The Bertz CT molecular complexity index is 344. The molecule has 1 atom stereocenters. The van der Waals surface area contributed by atoms with Crippen LogP contribution in [0.25, 0.3) is 0 Å². The van der Waals surface area contributed by atoms with Gasteiger partial charge in [0.15, 0.2) is 0 Å². The van der Waals surface area contributed by atoms with Crippen LogP contribution < -0.4 is 0 Å². The first-order chi connectivity index (χ1) is 7.10. The normalized spacial score (nSPS) is 15.0. The van der Waals surface area contributed by atoms with Crippen LogP contribution in [0.5, 0.6) is 0 Å². The second-order valence-corrected chi connectivity index (χ2v) is 4.13. The van der Waals surface area contributed by atoms with Crippen LogP contribution in [0.2, 0.25) is 0 Å². The Morgan fingerprint density at radius 3 is 2.00 bits per heavy atom. The number of nitrogens with zero attached hydrogens (tertiary/aromatic N) is 3. The molecule has 0 N–H and O–H groups in total. The van der Waals surface area contributed by atoms with E-state index in [0.29, 0.717) is 0 Å². The van der Waals surface area contributed by atoms with Crippen molar-refractivity contribution in [3.8, 4) is 0 Å². The fourth-order valence-electron chi connectivity index (χ4n) is 0.340. The minimum Gasteiger partial charge on any atom is -0.367 e. The van der Waals surface area contributed by atoms with Crippen LogP contribution >= 0.6 is 46.4 Å². The molecule has 0 aliphatic heterocycles. The number of amidine groups is 1. The number of rotatable bonds is 4. The lowest BCUT2D eigenvalue weighted by molar-refractivity contribution is -0.771. The van der Waals surface area contributed by atoms with Crippen molar-refractivity contribution in [2.24, 2.45) is 0 Å². The molecule has 0 amide bonds. The molecule has 0 spiro atoms. The van der Waals surface area contributed by atoms with Crippen LogP contribution in [-0.2, 0) is 4.84 Å². The Balaban J connectivity index is 4.83. The molecule has 0 aliphatic carbocycles. The predicted octanol–water partition coefficient (Wildman–Crippen LogP) is 1.27. The van der Waals surface area contributed by atoms with Crippen LogP contribution in [0.4, 0.5) is 0 Å². The number of hydrogen-bond acceptors (Lipinski definition) is 6. The molecule has 0 saturated heterocycles. The maximum atomic E-state index is 10.7. The first-order valence-corrected chi connectivity index (χ1v) is 4.65. The van der Waals surface area contributed by atoms with E-state index in [1.54, 1.807) is 0 Å². The zero-order valence-corrected chi connectivity index (χ0v) is 9.90. The first kappa shape index (κ1) is 15.2. The van der Waals surface area contributed by atoms with Gasteiger partial charge in [0.1, 0.15) is 9.83 Å². The van der Waals surface area contributed by atoms with Crippen molar-refractivity contribution < 1.29 is 19.6 Å². The van der Waals surface area contributed by atoms with Crippen LogP contribution in [0.15, 0.2) is 0 Å². The summed E-state index contributed by atoms with van der Waals surface area (Å²) in [7, 11) is 0. The molecule has 92 valence electrons. The van der Waals surface area contributed by atoms with Crippen molar-refractivity contribution in [1.29, 1.82) is 0 Å². The van der Waals surface area contributed by atoms with Crippen LogP contribution in [0.3, 0.4) is 0 Å². The number of nitro groups is 2. The summed E-state index contributed by atoms with van der Waals surface area (Å²) in [4.78, 5) is 20.7.